The summed E-state index contributed by atoms with van der Waals surface area (Å²) >= 11 is 0. The zero-order valence-corrected chi connectivity index (χ0v) is 21.1. The molecule has 0 saturated carbocycles. The van der Waals surface area contributed by atoms with Gasteiger partial charge in [0.05, 0.1) is 23.1 Å². The van der Waals surface area contributed by atoms with Gasteiger partial charge in [0.25, 0.3) is 11.7 Å². The molecule has 0 spiro atoms. The highest BCUT2D eigenvalue weighted by Crippen LogP contribution is 2.42. The number of aliphatic hydroxyl groups excluding tert-OH is 1. The number of carbonyl (C=O) groups is 2. The van der Waals surface area contributed by atoms with E-state index in [1.807, 2.05) is 0 Å². The molecule has 0 aliphatic carbocycles. The number of carbonyl (C=O) groups excluding carboxylic acids is 2. The topological polar surface area (TPSA) is 127 Å². The van der Waals surface area contributed by atoms with Crippen LogP contribution in [0.1, 0.15) is 43.4 Å². The van der Waals surface area contributed by atoms with Crippen LogP contribution in [0.5, 0.6) is 5.75 Å². The maximum Gasteiger partial charge on any atom is 0.300 e. The van der Waals surface area contributed by atoms with Crippen LogP contribution in [0.15, 0.2) is 89.3 Å². The molecule has 3 aromatic carbocycles. The van der Waals surface area contributed by atoms with Crippen molar-refractivity contribution in [2.75, 3.05) is 11.5 Å². The first-order chi connectivity index (χ1) is 17.7. The molecule has 8 nitrogen and oxygen atoms in total. The summed E-state index contributed by atoms with van der Waals surface area (Å²) in [5, 5.41) is 16.4. The summed E-state index contributed by atoms with van der Waals surface area (Å²) in [6, 6.07) is 20.0. The Morgan fingerprint density at radius 3 is 2.19 bits per heavy atom. The lowest BCUT2D eigenvalue weighted by atomic mass is 9.95. The number of Topliss-reactive ketones (excluding diaryl/α,β-unsaturated/α-hetero) is 1. The molecule has 0 aromatic heterocycles. The minimum atomic E-state index is -3.94. The maximum absolute atomic E-state index is 13.2. The SMILES string of the molecule is CCCCCOc1ccc(/C(O)=C2\C(=O)C(=O)N(c3ccc(S(N)(=O)=O)cc3)C2c2ccccc2)cc1. The van der Waals surface area contributed by atoms with Crippen molar-refractivity contribution >= 4 is 33.2 Å². The zero-order chi connectivity index (χ0) is 26.6. The maximum atomic E-state index is 13.2. The summed E-state index contributed by atoms with van der Waals surface area (Å²) < 4.78 is 29.1. The van der Waals surface area contributed by atoms with Crippen LogP contribution in [-0.4, -0.2) is 31.8 Å². The van der Waals surface area contributed by atoms with Crippen LogP contribution in [0.3, 0.4) is 0 Å². The molecule has 1 atom stereocenters. The number of ether oxygens (including phenoxy) is 1. The fourth-order valence-electron chi connectivity index (χ4n) is 4.25. The summed E-state index contributed by atoms with van der Waals surface area (Å²) in [6.45, 7) is 2.70. The van der Waals surface area contributed by atoms with Gasteiger partial charge >= 0.3 is 0 Å². The van der Waals surface area contributed by atoms with E-state index in [1.54, 1.807) is 54.6 Å². The molecule has 1 amide bonds. The number of benzene rings is 3. The Labute approximate surface area is 216 Å². The Morgan fingerprint density at radius 2 is 1.59 bits per heavy atom. The second-order valence-corrected chi connectivity index (χ2v) is 10.3. The average molecular weight is 521 g/mol. The Hall–Kier alpha value is -3.95. The zero-order valence-electron chi connectivity index (χ0n) is 20.3. The van der Waals surface area contributed by atoms with Crippen LogP contribution in [0.4, 0.5) is 5.69 Å². The number of rotatable bonds is 9. The van der Waals surface area contributed by atoms with Gasteiger partial charge in [0, 0.05) is 11.3 Å². The van der Waals surface area contributed by atoms with Crippen molar-refractivity contribution in [2.24, 2.45) is 5.14 Å². The molecule has 37 heavy (non-hydrogen) atoms. The lowest BCUT2D eigenvalue weighted by Crippen LogP contribution is -2.29. The fraction of sp³-hybridized carbons (Fsp3) is 0.214. The van der Waals surface area contributed by atoms with E-state index in [0.29, 0.717) is 29.2 Å². The minimum absolute atomic E-state index is 0.0664. The van der Waals surface area contributed by atoms with Crippen LogP contribution < -0.4 is 14.8 Å². The molecule has 1 aliphatic rings. The fourth-order valence-corrected chi connectivity index (χ4v) is 4.77. The van der Waals surface area contributed by atoms with E-state index in [2.05, 4.69) is 6.92 Å². The van der Waals surface area contributed by atoms with Crippen LogP contribution in [-0.2, 0) is 19.6 Å². The standard InChI is InChI=1S/C28H28N2O6S/c1-2-3-7-18-36-22-14-10-20(11-15-22)26(31)24-25(19-8-5-4-6-9-19)30(28(33)27(24)32)21-12-16-23(17-13-21)37(29,34)35/h4-6,8-17,25,31H,2-3,7,18H2,1H3,(H2,29,34,35)/b26-24+. The summed E-state index contributed by atoms with van der Waals surface area (Å²) in [7, 11) is -3.94. The van der Waals surface area contributed by atoms with Crippen LogP contribution >= 0.6 is 0 Å². The summed E-state index contributed by atoms with van der Waals surface area (Å²) in [5.74, 6) is -1.35. The number of anilines is 1. The van der Waals surface area contributed by atoms with Crippen LogP contribution in [0.2, 0.25) is 0 Å². The molecular weight excluding hydrogens is 492 g/mol. The third-order valence-electron chi connectivity index (χ3n) is 6.15. The largest absolute Gasteiger partial charge is 0.507 e. The number of aliphatic hydroxyl groups is 1. The molecule has 0 radical (unpaired) electrons. The Morgan fingerprint density at radius 1 is 0.946 bits per heavy atom. The number of ketones is 1. The molecule has 1 unspecified atom stereocenters. The van der Waals surface area contributed by atoms with Crippen LogP contribution in [0, 0.1) is 0 Å². The predicted molar refractivity (Wildman–Crippen MR) is 141 cm³/mol. The number of primary sulfonamides is 1. The van der Waals surface area contributed by atoms with Crippen molar-refractivity contribution in [1.29, 1.82) is 0 Å². The molecule has 1 fully saturated rings. The summed E-state index contributed by atoms with van der Waals surface area (Å²) in [4.78, 5) is 27.6. The van der Waals surface area contributed by atoms with Gasteiger partial charge in [-0.25, -0.2) is 13.6 Å². The van der Waals surface area contributed by atoms with Crippen molar-refractivity contribution in [2.45, 2.75) is 37.1 Å². The number of hydrogen-bond donors (Lipinski definition) is 2. The van der Waals surface area contributed by atoms with Gasteiger partial charge in [-0.1, -0.05) is 50.1 Å². The first-order valence-corrected chi connectivity index (χ1v) is 13.5. The second kappa shape index (κ2) is 11.0. The van der Waals surface area contributed by atoms with E-state index >= 15 is 0 Å². The highest BCUT2D eigenvalue weighted by molar-refractivity contribution is 7.89. The van der Waals surface area contributed by atoms with Crippen molar-refractivity contribution in [3.8, 4) is 5.75 Å². The number of sulfonamides is 1. The van der Waals surface area contributed by atoms with Gasteiger partial charge in [0.1, 0.15) is 11.5 Å². The number of nitrogens with two attached hydrogens (primary N) is 1. The van der Waals surface area contributed by atoms with E-state index in [9.17, 15) is 23.1 Å². The lowest BCUT2D eigenvalue weighted by molar-refractivity contribution is -0.132. The molecule has 3 aromatic rings. The molecular formula is C28H28N2O6S. The van der Waals surface area contributed by atoms with Gasteiger partial charge < -0.3 is 9.84 Å². The highest BCUT2D eigenvalue weighted by Gasteiger charge is 2.46. The molecule has 9 heteroatoms. The van der Waals surface area contributed by atoms with E-state index < -0.39 is 27.8 Å². The molecule has 192 valence electrons. The first-order valence-electron chi connectivity index (χ1n) is 11.9. The molecule has 3 N–H and O–H groups in total. The monoisotopic (exact) mass is 520 g/mol. The van der Waals surface area contributed by atoms with Gasteiger partial charge in [0.2, 0.25) is 10.0 Å². The molecule has 1 heterocycles. The first kappa shape index (κ1) is 26.1. The van der Waals surface area contributed by atoms with E-state index in [-0.39, 0.29) is 16.2 Å². The summed E-state index contributed by atoms with van der Waals surface area (Å²) in [5.41, 5.74) is 1.20. The van der Waals surface area contributed by atoms with Crippen LogP contribution in [0.25, 0.3) is 5.76 Å². The van der Waals surface area contributed by atoms with Gasteiger partial charge in [-0.15, -0.1) is 0 Å². The van der Waals surface area contributed by atoms with E-state index in [0.717, 1.165) is 19.3 Å². The Balaban J connectivity index is 1.74. The smallest absolute Gasteiger partial charge is 0.300 e. The Kier molecular flexibility index (Phi) is 7.75. The second-order valence-electron chi connectivity index (χ2n) is 8.70. The number of amides is 1. The van der Waals surface area contributed by atoms with Crippen molar-refractivity contribution in [3.63, 3.8) is 0 Å². The van der Waals surface area contributed by atoms with Gasteiger partial charge in [0.15, 0.2) is 0 Å². The van der Waals surface area contributed by atoms with Gasteiger partial charge in [-0.3, -0.25) is 14.5 Å². The van der Waals surface area contributed by atoms with Crippen molar-refractivity contribution < 1.29 is 27.9 Å². The molecule has 4 rings (SSSR count). The third-order valence-corrected chi connectivity index (χ3v) is 7.08. The number of nitrogens with zero attached hydrogens (tertiary/aromatic N) is 1. The third kappa shape index (κ3) is 5.58. The van der Waals surface area contributed by atoms with Crippen molar-refractivity contribution in [1.82, 2.24) is 0 Å². The number of unbranched alkanes of at least 4 members (excludes halogenated alkanes) is 2. The molecule has 1 saturated heterocycles. The highest BCUT2D eigenvalue weighted by atomic mass is 32.2. The normalized spacial score (nSPS) is 17.2. The average Bonchev–Trinajstić information content (AvgIpc) is 3.17. The van der Waals surface area contributed by atoms with Crippen molar-refractivity contribution in [3.05, 3.63) is 95.6 Å². The van der Waals surface area contributed by atoms with Gasteiger partial charge in [-0.05, 0) is 60.5 Å². The quantitative estimate of drug-likeness (QED) is 0.185. The van der Waals surface area contributed by atoms with E-state index in [4.69, 9.17) is 9.88 Å². The Bertz CT molecular complexity index is 1420. The predicted octanol–water partition coefficient (Wildman–Crippen LogP) is 4.53. The van der Waals surface area contributed by atoms with Gasteiger partial charge in [-0.2, -0.15) is 0 Å². The molecule has 0 bridgehead atoms. The lowest BCUT2D eigenvalue weighted by Gasteiger charge is -2.25. The number of hydrogen-bond acceptors (Lipinski definition) is 6. The van der Waals surface area contributed by atoms with E-state index in [1.165, 1.54) is 29.2 Å². The minimum Gasteiger partial charge on any atom is -0.507 e. The summed E-state index contributed by atoms with van der Waals surface area (Å²) in [6.07, 6.45) is 3.10. The molecule has 1 aliphatic heterocycles.